The first-order valence-electron chi connectivity index (χ1n) is 12.6. The maximum absolute atomic E-state index is 13.2. The predicted molar refractivity (Wildman–Crippen MR) is 148 cm³/mol. The number of carbonyl (C=O) groups is 3. The van der Waals surface area contributed by atoms with Gasteiger partial charge < -0.3 is 20.3 Å². The molecule has 0 bridgehead atoms. The molecule has 1 aromatic carbocycles. The number of benzene rings is 1. The molecule has 39 heavy (non-hydrogen) atoms. The van der Waals surface area contributed by atoms with Crippen LogP contribution >= 0.6 is 22.9 Å². The van der Waals surface area contributed by atoms with Crippen LogP contribution in [0.25, 0.3) is 5.69 Å². The maximum Gasteiger partial charge on any atom is 0.261 e. The minimum absolute atomic E-state index is 0.00728. The number of carbonyl (C=O) groups excluding carboxylic acids is 3. The summed E-state index contributed by atoms with van der Waals surface area (Å²) in [5, 5.41) is 6.04. The van der Waals surface area contributed by atoms with Gasteiger partial charge in [0.05, 0.1) is 41.1 Å². The van der Waals surface area contributed by atoms with Crippen molar-refractivity contribution in [1.82, 2.24) is 25.0 Å². The molecule has 0 saturated carbocycles. The third kappa shape index (κ3) is 6.56. The molecule has 10 nitrogen and oxygen atoms in total. The molecule has 12 heteroatoms. The molecular formula is C27H28ClN5O5S. The number of halogens is 1. The third-order valence-corrected chi connectivity index (χ3v) is 8.01. The Morgan fingerprint density at radius 1 is 0.923 bits per heavy atom. The molecule has 0 radical (unpaired) electrons. The SMILES string of the molecule is O=C(N[C@@H]1CN(CC(=O)N2CCOCC2)C[C@H]1NC(=O)c1ccc(Cl)s1)c1ccc(-n2ccccc2=O)cc1. The van der Waals surface area contributed by atoms with Crippen LogP contribution in [0, 0.1) is 0 Å². The Morgan fingerprint density at radius 3 is 2.26 bits per heavy atom. The molecule has 2 saturated heterocycles. The van der Waals surface area contributed by atoms with E-state index in [0.717, 1.165) is 0 Å². The van der Waals surface area contributed by atoms with Gasteiger partial charge in [0.15, 0.2) is 0 Å². The van der Waals surface area contributed by atoms with Gasteiger partial charge in [0.1, 0.15) is 0 Å². The summed E-state index contributed by atoms with van der Waals surface area (Å²) >= 11 is 7.18. The van der Waals surface area contributed by atoms with E-state index in [9.17, 15) is 19.2 Å². The smallest absolute Gasteiger partial charge is 0.261 e. The van der Waals surface area contributed by atoms with Crippen molar-refractivity contribution in [2.45, 2.75) is 12.1 Å². The van der Waals surface area contributed by atoms with Gasteiger partial charge in [0.2, 0.25) is 5.91 Å². The lowest BCUT2D eigenvalue weighted by Crippen LogP contribution is -2.50. The number of nitrogens with one attached hydrogen (secondary N) is 2. The van der Waals surface area contributed by atoms with Crippen molar-refractivity contribution in [1.29, 1.82) is 0 Å². The van der Waals surface area contributed by atoms with Crippen LogP contribution in [0.1, 0.15) is 20.0 Å². The lowest BCUT2D eigenvalue weighted by molar-refractivity contribution is -0.136. The number of hydrogen-bond donors (Lipinski definition) is 2. The van der Waals surface area contributed by atoms with Gasteiger partial charge in [-0.2, -0.15) is 0 Å². The first kappa shape index (κ1) is 27.1. The van der Waals surface area contributed by atoms with Crippen LogP contribution in [0.5, 0.6) is 0 Å². The van der Waals surface area contributed by atoms with Crippen molar-refractivity contribution < 1.29 is 19.1 Å². The standard InChI is InChI=1S/C27H28ClN5O5S/c28-23-9-8-22(39-23)27(37)30-21-16-31(17-25(35)32-11-13-38-14-12-32)15-20(21)29-26(36)18-4-6-19(7-5-18)33-10-2-1-3-24(33)34/h1-10,20-21H,11-17H2,(H,29,36)(H,30,37)/t20-,21-/m1/s1. The molecule has 4 heterocycles. The molecule has 2 aromatic heterocycles. The summed E-state index contributed by atoms with van der Waals surface area (Å²) in [7, 11) is 0. The normalized spacial score (nSPS) is 19.6. The number of hydrogen-bond acceptors (Lipinski definition) is 7. The number of nitrogens with zero attached hydrogens (tertiary/aromatic N) is 3. The number of pyridine rings is 1. The van der Waals surface area contributed by atoms with Crippen LogP contribution in [0.3, 0.4) is 0 Å². The van der Waals surface area contributed by atoms with Crippen molar-refractivity contribution in [3.63, 3.8) is 0 Å². The second kappa shape index (κ2) is 12.1. The molecule has 0 unspecified atom stereocenters. The van der Waals surface area contributed by atoms with Gasteiger partial charge >= 0.3 is 0 Å². The highest BCUT2D eigenvalue weighted by molar-refractivity contribution is 7.18. The molecule has 2 aliphatic rings. The van der Waals surface area contributed by atoms with Crippen LogP contribution in [-0.2, 0) is 9.53 Å². The van der Waals surface area contributed by atoms with Crippen molar-refractivity contribution in [3.8, 4) is 5.69 Å². The first-order chi connectivity index (χ1) is 18.9. The number of rotatable bonds is 7. The number of likely N-dealkylation sites (tertiary alicyclic amines) is 1. The van der Waals surface area contributed by atoms with Gasteiger partial charge in [-0.25, -0.2) is 0 Å². The second-order valence-corrected chi connectivity index (χ2v) is 11.1. The highest BCUT2D eigenvalue weighted by Crippen LogP contribution is 2.22. The second-order valence-electron chi connectivity index (χ2n) is 9.41. The number of amides is 3. The van der Waals surface area contributed by atoms with E-state index in [1.54, 1.807) is 59.6 Å². The number of ether oxygens (including phenoxy) is 1. The van der Waals surface area contributed by atoms with Gasteiger partial charge in [-0.3, -0.25) is 28.6 Å². The third-order valence-electron chi connectivity index (χ3n) is 6.78. The summed E-state index contributed by atoms with van der Waals surface area (Å²) < 4.78 is 7.34. The fourth-order valence-electron chi connectivity index (χ4n) is 4.75. The molecular weight excluding hydrogens is 542 g/mol. The number of morpholine rings is 1. The summed E-state index contributed by atoms with van der Waals surface area (Å²) in [5.41, 5.74) is 0.893. The molecule has 2 fully saturated rings. The van der Waals surface area contributed by atoms with E-state index < -0.39 is 12.1 Å². The van der Waals surface area contributed by atoms with Gasteiger partial charge in [0, 0.05) is 49.7 Å². The monoisotopic (exact) mass is 569 g/mol. The van der Waals surface area contributed by atoms with E-state index in [4.69, 9.17) is 16.3 Å². The summed E-state index contributed by atoms with van der Waals surface area (Å²) in [6.45, 7) is 3.13. The van der Waals surface area contributed by atoms with Crippen LogP contribution in [0.2, 0.25) is 4.34 Å². The predicted octanol–water partition coefficient (Wildman–Crippen LogP) is 1.62. The van der Waals surface area contributed by atoms with Crippen molar-refractivity contribution >= 4 is 40.7 Å². The summed E-state index contributed by atoms with van der Waals surface area (Å²) in [5.74, 6) is -0.603. The van der Waals surface area contributed by atoms with Crippen LogP contribution in [-0.4, -0.2) is 90.1 Å². The van der Waals surface area contributed by atoms with E-state index in [-0.39, 0.29) is 29.8 Å². The molecule has 2 atom stereocenters. The zero-order valence-corrected chi connectivity index (χ0v) is 22.6. The molecule has 2 N–H and O–H groups in total. The lowest BCUT2D eigenvalue weighted by atomic mass is 10.1. The summed E-state index contributed by atoms with van der Waals surface area (Å²) in [6.07, 6.45) is 1.66. The Hall–Kier alpha value is -3.51. The van der Waals surface area contributed by atoms with Gasteiger partial charge in [-0.15, -0.1) is 11.3 Å². The van der Waals surface area contributed by atoms with Crippen molar-refractivity contribution in [3.05, 3.63) is 85.9 Å². The summed E-state index contributed by atoms with van der Waals surface area (Å²) in [4.78, 5) is 55.2. The van der Waals surface area contributed by atoms with E-state index in [0.29, 0.717) is 59.9 Å². The highest BCUT2D eigenvalue weighted by Gasteiger charge is 2.36. The Kier molecular flexibility index (Phi) is 8.41. The highest BCUT2D eigenvalue weighted by atomic mass is 35.5. The molecule has 0 aliphatic carbocycles. The Labute approximate surface area is 234 Å². The van der Waals surface area contributed by atoms with Crippen LogP contribution in [0.4, 0.5) is 0 Å². The first-order valence-corrected chi connectivity index (χ1v) is 13.8. The zero-order chi connectivity index (χ0) is 27.4. The topological polar surface area (TPSA) is 113 Å². The number of thiophene rings is 1. The molecule has 3 amide bonds. The van der Waals surface area contributed by atoms with Crippen LogP contribution < -0.4 is 16.2 Å². The van der Waals surface area contributed by atoms with E-state index in [2.05, 4.69) is 10.6 Å². The zero-order valence-electron chi connectivity index (χ0n) is 21.0. The van der Waals surface area contributed by atoms with Gasteiger partial charge in [0.25, 0.3) is 17.4 Å². The Bertz CT molecular complexity index is 1400. The van der Waals surface area contributed by atoms with Gasteiger partial charge in [-0.05, 0) is 42.5 Å². The molecule has 5 rings (SSSR count). The Morgan fingerprint density at radius 2 is 1.62 bits per heavy atom. The average Bonchev–Trinajstić information content (AvgIpc) is 3.55. The maximum atomic E-state index is 13.2. The largest absolute Gasteiger partial charge is 0.378 e. The molecule has 3 aromatic rings. The quantitative estimate of drug-likeness (QED) is 0.447. The van der Waals surface area contributed by atoms with Gasteiger partial charge in [-0.1, -0.05) is 17.7 Å². The van der Waals surface area contributed by atoms with Crippen molar-refractivity contribution in [2.75, 3.05) is 45.9 Å². The average molecular weight is 570 g/mol. The van der Waals surface area contributed by atoms with Crippen molar-refractivity contribution in [2.24, 2.45) is 0 Å². The summed E-state index contributed by atoms with van der Waals surface area (Å²) in [6, 6.07) is 14.1. The Balaban J connectivity index is 1.28. The lowest BCUT2D eigenvalue weighted by Gasteiger charge is -2.28. The molecule has 204 valence electrons. The fraction of sp³-hybridized carbons (Fsp3) is 0.333. The molecule has 0 spiro atoms. The fourth-order valence-corrected chi connectivity index (χ4v) is 5.70. The van der Waals surface area contributed by atoms with E-state index in [1.165, 1.54) is 22.0 Å². The van der Waals surface area contributed by atoms with E-state index >= 15 is 0 Å². The minimum Gasteiger partial charge on any atom is -0.378 e. The molecule has 2 aliphatic heterocycles. The minimum atomic E-state index is -0.425. The van der Waals surface area contributed by atoms with Crippen LogP contribution in [0.15, 0.2) is 65.6 Å². The number of aromatic nitrogens is 1. The van der Waals surface area contributed by atoms with E-state index in [1.807, 2.05) is 4.90 Å².